The second kappa shape index (κ2) is 3.89. The third kappa shape index (κ3) is 1.89. The van der Waals surface area contributed by atoms with Gasteiger partial charge in [-0.1, -0.05) is 23.2 Å². The van der Waals surface area contributed by atoms with Crippen LogP contribution in [0.1, 0.15) is 15.9 Å². The average Bonchev–Trinajstić information content (AvgIpc) is 2.12. The Morgan fingerprint density at radius 2 is 1.85 bits per heavy atom. The van der Waals surface area contributed by atoms with Gasteiger partial charge in [-0.3, -0.25) is 0 Å². The highest BCUT2D eigenvalue weighted by atomic mass is 35.5. The van der Waals surface area contributed by atoms with Gasteiger partial charge in [-0.25, -0.2) is 4.79 Å². The fourth-order valence-electron chi connectivity index (χ4n) is 0.810. The van der Waals surface area contributed by atoms with Gasteiger partial charge in [0.1, 0.15) is 5.56 Å². The average molecular weight is 221 g/mol. The van der Waals surface area contributed by atoms with Gasteiger partial charge in [0.25, 0.3) is 0 Å². The second-order valence-electron chi connectivity index (χ2n) is 2.27. The monoisotopic (exact) mass is 220 g/mol. The van der Waals surface area contributed by atoms with E-state index in [0.29, 0.717) is 5.56 Å². The number of carbonyl (C=O) groups is 1. The van der Waals surface area contributed by atoms with Crippen LogP contribution in [-0.4, -0.2) is 23.3 Å². The summed E-state index contributed by atoms with van der Waals surface area (Å²) in [6.07, 6.45) is 0. The lowest BCUT2D eigenvalue weighted by molar-refractivity contribution is 0.0599. The molecule has 0 saturated heterocycles. The molecule has 0 aliphatic carbocycles. The Kier molecular flexibility index (Phi) is 3.06. The zero-order valence-electron chi connectivity index (χ0n) is 6.97. The maximum Gasteiger partial charge on any atom is 0.341 e. The topological polar surface area (TPSA) is 52.1 Å². The molecule has 13 heavy (non-hydrogen) atoms. The van der Waals surface area contributed by atoms with E-state index in [0.717, 1.165) is 0 Å². The minimum absolute atomic E-state index is 0.00579. The molecule has 0 unspecified atom stereocenters. The Bertz CT molecular complexity index is 355. The highest BCUT2D eigenvalue weighted by Crippen LogP contribution is 2.22. The summed E-state index contributed by atoms with van der Waals surface area (Å²) in [6.45, 7) is 1.62. The van der Waals surface area contributed by atoms with Gasteiger partial charge < -0.3 is 4.74 Å². The first-order valence-corrected chi connectivity index (χ1v) is 4.10. The number of methoxy groups -OCH3 is 1. The number of ether oxygens (including phenoxy) is 1. The molecule has 0 saturated carbocycles. The predicted molar refractivity (Wildman–Crippen MR) is 48.1 cm³/mol. The van der Waals surface area contributed by atoms with Crippen molar-refractivity contribution in [1.82, 2.24) is 10.2 Å². The van der Waals surface area contributed by atoms with Crippen molar-refractivity contribution in [2.45, 2.75) is 6.92 Å². The molecule has 0 spiro atoms. The smallest absolute Gasteiger partial charge is 0.341 e. The van der Waals surface area contributed by atoms with Crippen molar-refractivity contribution in [3.8, 4) is 0 Å². The number of esters is 1. The number of carbonyl (C=O) groups excluding carboxylic acids is 1. The van der Waals surface area contributed by atoms with Crippen LogP contribution in [0.15, 0.2) is 0 Å². The van der Waals surface area contributed by atoms with Gasteiger partial charge in [-0.05, 0) is 6.92 Å². The van der Waals surface area contributed by atoms with Crippen molar-refractivity contribution >= 4 is 29.2 Å². The predicted octanol–water partition coefficient (Wildman–Crippen LogP) is 1.88. The number of rotatable bonds is 1. The highest BCUT2D eigenvalue weighted by molar-refractivity contribution is 6.34. The summed E-state index contributed by atoms with van der Waals surface area (Å²) in [4.78, 5) is 11.2. The molecule has 1 aromatic rings. The first kappa shape index (κ1) is 10.2. The first-order valence-electron chi connectivity index (χ1n) is 3.34. The van der Waals surface area contributed by atoms with Crippen LogP contribution < -0.4 is 0 Å². The highest BCUT2D eigenvalue weighted by Gasteiger charge is 2.18. The van der Waals surface area contributed by atoms with Crippen molar-refractivity contribution in [3.05, 3.63) is 21.4 Å². The summed E-state index contributed by atoms with van der Waals surface area (Å²) in [5, 5.41) is 7.16. The summed E-state index contributed by atoms with van der Waals surface area (Å²) >= 11 is 11.3. The molecule has 0 bridgehead atoms. The van der Waals surface area contributed by atoms with E-state index in [2.05, 4.69) is 14.9 Å². The molecular weight excluding hydrogens is 215 g/mol. The van der Waals surface area contributed by atoms with Gasteiger partial charge in [0.2, 0.25) is 0 Å². The lowest BCUT2D eigenvalue weighted by Crippen LogP contribution is -2.07. The van der Waals surface area contributed by atoms with E-state index < -0.39 is 5.97 Å². The zero-order chi connectivity index (χ0) is 10.0. The summed E-state index contributed by atoms with van der Waals surface area (Å²) in [7, 11) is 1.26. The molecule has 70 valence electrons. The van der Waals surface area contributed by atoms with Crippen LogP contribution in [0.2, 0.25) is 10.3 Å². The lowest BCUT2D eigenvalue weighted by atomic mass is 10.2. The molecule has 0 N–H and O–H groups in total. The van der Waals surface area contributed by atoms with E-state index in [1.807, 2.05) is 0 Å². The molecule has 4 nitrogen and oxygen atoms in total. The van der Waals surface area contributed by atoms with Crippen molar-refractivity contribution in [2.75, 3.05) is 7.11 Å². The molecule has 6 heteroatoms. The molecule has 0 fully saturated rings. The molecule has 0 atom stereocenters. The van der Waals surface area contributed by atoms with Gasteiger partial charge in [0.15, 0.2) is 10.3 Å². The summed E-state index contributed by atoms with van der Waals surface area (Å²) in [5.74, 6) is -0.570. The van der Waals surface area contributed by atoms with Gasteiger partial charge in [-0.15, -0.1) is 10.2 Å². The molecule has 1 aromatic heterocycles. The van der Waals surface area contributed by atoms with Crippen LogP contribution in [-0.2, 0) is 4.74 Å². The van der Waals surface area contributed by atoms with Gasteiger partial charge >= 0.3 is 5.97 Å². The van der Waals surface area contributed by atoms with Crippen LogP contribution in [0.5, 0.6) is 0 Å². The number of hydrogen-bond donors (Lipinski definition) is 0. The fraction of sp³-hybridized carbons (Fsp3) is 0.286. The van der Waals surface area contributed by atoms with Crippen LogP contribution in [0.25, 0.3) is 0 Å². The number of aromatic nitrogens is 2. The van der Waals surface area contributed by atoms with E-state index >= 15 is 0 Å². The van der Waals surface area contributed by atoms with Crippen molar-refractivity contribution in [3.63, 3.8) is 0 Å². The van der Waals surface area contributed by atoms with E-state index in [9.17, 15) is 4.79 Å². The maximum absolute atomic E-state index is 11.2. The van der Waals surface area contributed by atoms with Crippen LogP contribution in [0, 0.1) is 6.92 Å². The first-order chi connectivity index (χ1) is 6.07. The fourth-order valence-corrected chi connectivity index (χ4v) is 1.20. The molecular formula is C7H6Cl2N2O2. The molecule has 0 radical (unpaired) electrons. The quantitative estimate of drug-likeness (QED) is 0.679. The van der Waals surface area contributed by atoms with E-state index in [1.165, 1.54) is 7.11 Å². The van der Waals surface area contributed by atoms with E-state index in [-0.39, 0.29) is 15.9 Å². The van der Waals surface area contributed by atoms with Gasteiger partial charge in [0, 0.05) is 5.56 Å². The molecule has 0 aromatic carbocycles. The van der Waals surface area contributed by atoms with E-state index in [1.54, 1.807) is 6.92 Å². The van der Waals surface area contributed by atoms with Gasteiger partial charge in [0.05, 0.1) is 7.11 Å². The van der Waals surface area contributed by atoms with Crippen LogP contribution in [0.4, 0.5) is 0 Å². The molecule has 0 amide bonds. The Morgan fingerprint density at radius 1 is 1.31 bits per heavy atom. The van der Waals surface area contributed by atoms with E-state index in [4.69, 9.17) is 23.2 Å². The summed E-state index contributed by atoms with van der Waals surface area (Å²) in [6, 6.07) is 0. The third-order valence-electron chi connectivity index (χ3n) is 1.51. The Labute approximate surface area is 84.8 Å². The maximum atomic E-state index is 11.2. The number of nitrogens with zero attached hydrogens (tertiary/aromatic N) is 2. The van der Waals surface area contributed by atoms with Crippen molar-refractivity contribution < 1.29 is 9.53 Å². The zero-order valence-corrected chi connectivity index (χ0v) is 8.48. The van der Waals surface area contributed by atoms with Crippen LogP contribution in [0.3, 0.4) is 0 Å². The second-order valence-corrected chi connectivity index (χ2v) is 2.99. The lowest BCUT2D eigenvalue weighted by Gasteiger charge is -2.04. The Balaban J connectivity index is 3.33. The summed E-state index contributed by atoms with van der Waals surface area (Å²) < 4.78 is 4.50. The largest absolute Gasteiger partial charge is 0.465 e. The molecule has 1 rings (SSSR count). The third-order valence-corrected chi connectivity index (χ3v) is 2.13. The standard InChI is InChI=1S/C7H6Cl2N2O2/c1-3-4(7(12)13-2)6(9)11-10-5(3)8/h1-2H3. The number of halogens is 2. The number of hydrogen-bond acceptors (Lipinski definition) is 4. The van der Waals surface area contributed by atoms with Crippen LogP contribution >= 0.6 is 23.2 Å². The SMILES string of the molecule is COC(=O)c1c(Cl)nnc(Cl)c1C. The molecule has 1 heterocycles. The minimum atomic E-state index is -0.570. The normalized spacial score (nSPS) is 9.85. The minimum Gasteiger partial charge on any atom is -0.465 e. The summed E-state index contributed by atoms with van der Waals surface area (Å²) in [5.41, 5.74) is 0.623. The Morgan fingerprint density at radius 3 is 2.38 bits per heavy atom. The molecule has 0 aliphatic rings. The Hall–Kier alpha value is -0.870. The van der Waals surface area contributed by atoms with Crippen molar-refractivity contribution in [2.24, 2.45) is 0 Å². The molecule has 0 aliphatic heterocycles. The van der Waals surface area contributed by atoms with Gasteiger partial charge in [-0.2, -0.15) is 0 Å². The van der Waals surface area contributed by atoms with Crippen molar-refractivity contribution in [1.29, 1.82) is 0 Å².